The minimum Gasteiger partial charge on any atom is -0.323 e. The summed E-state index contributed by atoms with van der Waals surface area (Å²) in [6.07, 6.45) is 2.55. The molecule has 0 radical (unpaired) electrons. The number of hydrogen-bond donors (Lipinski definition) is 1. The summed E-state index contributed by atoms with van der Waals surface area (Å²) in [6, 6.07) is 3.51. The van der Waals surface area contributed by atoms with Crippen LogP contribution >= 0.6 is 23.4 Å². The van der Waals surface area contributed by atoms with E-state index >= 15 is 0 Å². The van der Waals surface area contributed by atoms with E-state index in [1.165, 1.54) is 0 Å². The molecule has 2 rings (SSSR count). The van der Waals surface area contributed by atoms with Gasteiger partial charge in [0, 0.05) is 17.9 Å². The Morgan fingerprint density at radius 3 is 3.20 bits per heavy atom. The number of halogens is 1. The summed E-state index contributed by atoms with van der Waals surface area (Å²) < 4.78 is 0. The van der Waals surface area contributed by atoms with Gasteiger partial charge in [-0.3, -0.25) is 4.79 Å². The van der Waals surface area contributed by atoms with Crippen LogP contribution < -0.4 is 5.32 Å². The van der Waals surface area contributed by atoms with E-state index in [9.17, 15) is 4.79 Å². The molecule has 5 heteroatoms. The third-order valence-electron chi connectivity index (χ3n) is 2.32. The van der Waals surface area contributed by atoms with Crippen molar-refractivity contribution in [2.45, 2.75) is 6.42 Å². The molecular formula is C10H11ClN2OS. The zero-order valence-electron chi connectivity index (χ0n) is 8.07. The van der Waals surface area contributed by atoms with Gasteiger partial charge in [0.15, 0.2) is 5.15 Å². The Bertz CT molecular complexity index is 366. The molecule has 1 atom stereocenters. The molecule has 0 aromatic carbocycles. The highest BCUT2D eigenvalue weighted by molar-refractivity contribution is 7.99. The third-order valence-corrected chi connectivity index (χ3v) is 3.78. The molecule has 0 saturated carbocycles. The summed E-state index contributed by atoms with van der Waals surface area (Å²) in [4.78, 5) is 15.7. The molecular weight excluding hydrogens is 232 g/mol. The van der Waals surface area contributed by atoms with Gasteiger partial charge < -0.3 is 5.32 Å². The van der Waals surface area contributed by atoms with Crippen molar-refractivity contribution in [1.82, 2.24) is 4.98 Å². The second kappa shape index (κ2) is 4.86. The van der Waals surface area contributed by atoms with Crippen LogP contribution in [0.2, 0.25) is 5.15 Å². The second-order valence-corrected chi connectivity index (χ2v) is 4.90. The third kappa shape index (κ3) is 2.63. The van der Waals surface area contributed by atoms with Crippen LogP contribution in [-0.4, -0.2) is 22.4 Å². The first kappa shape index (κ1) is 10.8. The zero-order valence-corrected chi connectivity index (χ0v) is 9.64. The van der Waals surface area contributed by atoms with Crippen LogP contribution in [0.4, 0.5) is 5.69 Å². The lowest BCUT2D eigenvalue weighted by molar-refractivity contribution is -0.119. The number of thioether (sulfide) groups is 1. The molecule has 80 valence electrons. The summed E-state index contributed by atoms with van der Waals surface area (Å²) >= 11 is 7.66. The Balaban J connectivity index is 2.02. The fourth-order valence-electron chi connectivity index (χ4n) is 1.46. The number of carbonyl (C=O) groups is 1. The molecule has 1 aliphatic rings. The largest absolute Gasteiger partial charge is 0.323 e. The van der Waals surface area contributed by atoms with E-state index in [0.29, 0.717) is 10.8 Å². The van der Waals surface area contributed by atoms with Gasteiger partial charge in [-0.1, -0.05) is 11.6 Å². The van der Waals surface area contributed by atoms with Crippen LogP contribution in [0.1, 0.15) is 6.42 Å². The summed E-state index contributed by atoms with van der Waals surface area (Å²) in [7, 11) is 0. The van der Waals surface area contributed by atoms with Crippen molar-refractivity contribution in [1.29, 1.82) is 0 Å². The Morgan fingerprint density at radius 1 is 1.67 bits per heavy atom. The van der Waals surface area contributed by atoms with Crippen LogP contribution in [-0.2, 0) is 4.79 Å². The zero-order chi connectivity index (χ0) is 10.7. The average molecular weight is 243 g/mol. The van der Waals surface area contributed by atoms with Gasteiger partial charge in [-0.05, 0) is 24.3 Å². The van der Waals surface area contributed by atoms with Gasteiger partial charge in [0.2, 0.25) is 5.91 Å². The highest BCUT2D eigenvalue weighted by Crippen LogP contribution is 2.25. The molecule has 1 aromatic heterocycles. The van der Waals surface area contributed by atoms with Gasteiger partial charge in [-0.2, -0.15) is 11.8 Å². The number of aromatic nitrogens is 1. The predicted octanol–water partition coefficient (Wildman–Crippen LogP) is 2.43. The van der Waals surface area contributed by atoms with E-state index in [1.54, 1.807) is 18.3 Å². The maximum atomic E-state index is 11.8. The lowest BCUT2D eigenvalue weighted by Gasteiger charge is -2.10. The van der Waals surface area contributed by atoms with Crippen molar-refractivity contribution in [2.75, 3.05) is 16.8 Å². The van der Waals surface area contributed by atoms with Gasteiger partial charge in [-0.15, -0.1) is 0 Å². The monoisotopic (exact) mass is 242 g/mol. The van der Waals surface area contributed by atoms with Crippen molar-refractivity contribution < 1.29 is 4.79 Å². The second-order valence-electron chi connectivity index (χ2n) is 3.39. The predicted molar refractivity (Wildman–Crippen MR) is 63.3 cm³/mol. The van der Waals surface area contributed by atoms with E-state index in [1.807, 2.05) is 11.8 Å². The number of rotatable bonds is 2. The molecule has 1 fully saturated rings. The van der Waals surface area contributed by atoms with E-state index in [2.05, 4.69) is 10.3 Å². The molecule has 0 bridgehead atoms. The molecule has 0 spiro atoms. The van der Waals surface area contributed by atoms with Crippen LogP contribution in [0.5, 0.6) is 0 Å². The maximum absolute atomic E-state index is 11.8. The molecule has 2 heterocycles. The Morgan fingerprint density at radius 2 is 2.53 bits per heavy atom. The summed E-state index contributed by atoms with van der Waals surface area (Å²) in [5, 5.41) is 3.15. The quantitative estimate of drug-likeness (QED) is 0.810. The lowest BCUT2D eigenvalue weighted by Crippen LogP contribution is -2.22. The van der Waals surface area contributed by atoms with Crippen molar-refractivity contribution in [3.63, 3.8) is 0 Å². The number of nitrogens with one attached hydrogen (secondary N) is 1. The van der Waals surface area contributed by atoms with Gasteiger partial charge in [0.25, 0.3) is 0 Å². The van der Waals surface area contributed by atoms with Crippen molar-refractivity contribution in [3.05, 3.63) is 23.5 Å². The molecule has 1 saturated heterocycles. The topological polar surface area (TPSA) is 42.0 Å². The van der Waals surface area contributed by atoms with E-state index < -0.39 is 0 Å². The number of nitrogens with zero attached hydrogens (tertiary/aromatic N) is 1. The van der Waals surface area contributed by atoms with Crippen LogP contribution in [0.15, 0.2) is 18.3 Å². The first-order valence-electron chi connectivity index (χ1n) is 4.76. The summed E-state index contributed by atoms with van der Waals surface area (Å²) in [5.41, 5.74) is 0.598. The van der Waals surface area contributed by atoms with E-state index in [0.717, 1.165) is 17.9 Å². The number of hydrogen-bond acceptors (Lipinski definition) is 3. The maximum Gasteiger partial charge on any atom is 0.228 e. The number of amides is 1. The molecule has 1 N–H and O–H groups in total. The number of anilines is 1. The van der Waals surface area contributed by atoms with Gasteiger partial charge >= 0.3 is 0 Å². The summed E-state index contributed by atoms with van der Waals surface area (Å²) in [5.74, 6) is 2.14. The van der Waals surface area contributed by atoms with E-state index in [4.69, 9.17) is 11.6 Å². The molecule has 0 aliphatic carbocycles. The standard InChI is InChI=1S/C10H11ClN2OS/c11-9-8(2-1-4-12-9)13-10(14)7-3-5-15-6-7/h1-2,4,7H,3,5-6H2,(H,13,14). The van der Waals surface area contributed by atoms with Gasteiger partial charge in [0.05, 0.1) is 5.69 Å². The Labute approximate surface area is 97.6 Å². The first-order valence-corrected chi connectivity index (χ1v) is 6.30. The minimum atomic E-state index is 0.0508. The van der Waals surface area contributed by atoms with Crippen LogP contribution in [0.25, 0.3) is 0 Å². The molecule has 3 nitrogen and oxygen atoms in total. The molecule has 1 aliphatic heterocycles. The SMILES string of the molecule is O=C(Nc1cccnc1Cl)C1CCSC1. The number of carbonyl (C=O) groups excluding carboxylic acids is 1. The van der Waals surface area contributed by atoms with Crippen molar-refractivity contribution in [2.24, 2.45) is 5.92 Å². The van der Waals surface area contributed by atoms with Crippen LogP contribution in [0.3, 0.4) is 0 Å². The average Bonchev–Trinajstić information content (AvgIpc) is 2.74. The summed E-state index contributed by atoms with van der Waals surface area (Å²) in [6.45, 7) is 0. The van der Waals surface area contributed by atoms with Gasteiger partial charge in [-0.25, -0.2) is 4.98 Å². The molecule has 15 heavy (non-hydrogen) atoms. The smallest absolute Gasteiger partial charge is 0.228 e. The Kier molecular flexibility index (Phi) is 3.49. The highest BCUT2D eigenvalue weighted by Gasteiger charge is 2.23. The fraction of sp³-hybridized carbons (Fsp3) is 0.400. The fourth-order valence-corrected chi connectivity index (χ4v) is 2.84. The Hall–Kier alpha value is -0.740. The lowest BCUT2D eigenvalue weighted by atomic mass is 10.1. The van der Waals surface area contributed by atoms with Gasteiger partial charge in [0.1, 0.15) is 0 Å². The number of pyridine rings is 1. The van der Waals surface area contributed by atoms with Crippen molar-refractivity contribution >= 4 is 35.0 Å². The molecule has 1 amide bonds. The van der Waals surface area contributed by atoms with Crippen LogP contribution in [0, 0.1) is 5.92 Å². The molecule has 1 aromatic rings. The minimum absolute atomic E-state index is 0.0508. The van der Waals surface area contributed by atoms with Crippen molar-refractivity contribution in [3.8, 4) is 0 Å². The van der Waals surface area contributed by atoms with E-state index in [-0.39, 0.29) is 11.8 Å². The first-order chi connectivity index (χ1) is 7.27. The molecule has 1 unspecified atom stereocenters. The normalized spacial score (nSPS) is 20.2. The highest BCUT2D eigenvalue weighted by atomic mass is 35.5.